The van der Waals surface area contributed by atoms with E-state index >= 15 is 0 Å². The second-order valence-electron chi connectivity index (χ2n) is 7.52. The fourth-order valence-electron chi connectivity index (χ4n) is 4.02. The van der Waals surface area contributed by atoms with E-state index in [4.69, 9.17) is 0 Å². The predicted molar refractivity (Wildman–Crippen MR) is 101 cm³/mol. The van der Waals surface area contributed by atoms with Crippen molar-refractivity contribution >= 4 is 17.9 Å². The van der Waals surface area contributed by atoms with E-state index < -0.39 is 11.7 Å². The average Bonchev–Trinajstić information content (AvgIpc) is 2.63. The Balaban J connectivity index is 1.48. The van der Waals surface area contributed by atoms with Crippen molar-refractivity contribution in [1.29, 1.82) is 0 Å². The Bertz CT molecular complexity index is 612. The molecule has 144 valence electrons. The third kappa shape index (κ3) is 4.57. The van der Waals surface area contributed by atoms with Crippen LogP contribution in [0.1, 0.15) is 37.2 Å². The number of nitrogens with zero attached hydrogens (tertiary/aromatic N) is 2. The van der Waals surface area contributed by atoms with Gasteiger partial charge in [0, 0.05) is 19.6 Å². The summed E-state index contributed by atoms with van der Waals surface area (Å²) in [6, 6.07) is 6.71. The molecule has 26 heavy (non-hydrogen) atoms. The number of hydrogen-bond donors (Lipinski definition) is 3. The van der Waals surface area contributed by atoms with Crippen LogP contribution in [-0.4, -0.2) is 69.7 Å². The van der Waals surface area contributed by atoms with Gasteiger partial charge >= 0.3 is 0 Å². The standard InChI is InChI=1S/C19H27FN2O3S/c20-16-3-1-14(2-4-16)15-5-9-21(10-6-15)13-17(23)19(25)7-11-22(12-8-19)18(24)26/h1-4,15,17,23,25H,5-13H2,(H,24,26). The SMILES string of the molecule is O=C(S)N1CCC(O)(C(O)CN2CCC(c3ccc(F)cc3)CC2)CC1. The first kappa shape index (κ1) is 19.6. The summed E-state index contributed by atoms with van der Waals surface area (Å²) in [7, 11) is 0. The maximum Gasteiger partial charge on any atom is 0.278 e. The van der Waals surface area contributed by atoms with E-state index in [0.717, 1.165) is 31.5 Å². The summed E-state index contributed by atoms with van der Waals surface area (Å²) in [5.41, 5.74) is 0.0158. The van der Waals surface area contributed by atoms with Crippen molar-refractivity contribution in [3.63, 3.8) is 0 Å². The van der Waals surface area contributed by atoms with Gasteiger partial charge in [0.15, 0.2) is 0 Å². The number of benzene rings is 1. The Morgan fingerprint density at radius 1 is 1.19 bits per heavy atom. The smallest absolute Gasteiger partial charge is 0.278 e. The summed E-state index contributed by atoms with van der Waals surface area (Å²) < 4.78 is 13.1. The number of amides is 1. The van der Waals surface area contributed by atoms with Crippen LogP contribution in [0.5, 0.6) is 0 Å². The van der Waals surface area contributed by atoms with Gasteiger partial charge in [-0.1, -0.05) is 24.8 Å². The lowest BCUT2D eigenvalue weighted by Gasteiger charge is -2.42. The van der Waals surface area contributed by atoms with E-state index in [0.29, 0.717) is 38.4 Å². The molecule has 0 spiro atoms. The van der Waals surface area contributed by atoms with E-state index in [-0.39, 0.29) is 11.1 Å². The van der Waals surface area contributed by atoms with E-state index in [9.17, 15) is 19.4 Å². The molecule has 0 aliphatic carbocycles. The number of hydrogen-bond acceptors (Lipinski definition) is 4. The minimum atomic E-state index is -1.15. The lowest BCUT2D eigenvalue weighted by Crippen LogP contribution is -2.55. The average molecular weight is 383 g/mol. The number of aliphatic hydroxyl groups is 2. The summed E-state index contributed by atoms with van der Waals surface area (Å²) >= 11 is 3.81. The Morgan fingerprint density at radius 2 is 1.77 bits per heavy atom. The van der Waals surface area contributed by atoms with Crippen molar-refractivity contribution in [3.05, 3.63) is 35.6 Å². The highest BCUT2D eigenvalue weighted by Gasteiger charge is 2.40. The van der Waals surface area contributed by atoms with Crippen LogP contribution in [0.2, 0.25) is 0 Å². The maximum atomic E-state index is 13.1. The summed E-state index contributed by atoms with van der Waals surface area (Å²) in [4.78, 5) is 15.0. The number of likely N-dealkylation sites (tertiary alicyclic amines) is 2. The van der Waals surface area contributed by atoms with Gasteiger partial charge in [-0.25, -0.2) is 4.39 Å². The van der Waals surface area contributed by atoms with Crippen molar-refractivity contribution in [1.82, 2.24) is 9.80 Å². The summed E-state index contributed by atoms with van der Waals surface area (Å²) in [5.74, 6) is 0.199. The Hall–Kier alpha value is -1.15. The molecule has 2 fully saturated rings. The van der Waals surface area contributed by atoms with Gasteiger partial charge in [0.05, 0.1) is 11.7 Å². The molecule has 1 atom stereocenters. The van der Waals surface area contributed by atoms with Crippen LogP contribution in [0.15, 0.2) is 24.3 Å². The molecule has 0 bridgehead atoms. The van der Waals surface area contributed by atoms with Crippen molar-refractivity contribution in [3.8, 4) is 0 Å². The molecule has 1 amide bonds. The van der Waals surface area contributed by atoms with E-state index in [1.165, 1.54) is 12.1 Å². The molecular formula is C19H27FN2O3S. The normalized spacial score (nSPS) is 23.0. The summed E-state index contributed by atoms with van der Waals surface area (Å²) in [5, 5.41) is 21.0. The van der Waals surface area contributed by atoms with Gasteiger partial charge in [-0.05, 0) is 62.4 Å². The van der Waals surface area contributed by atoms with Gasteiger partial charge in [0.2, 0.25) is 0 Å². The van der Waals surface area contributed by atoms with Crippen LogP contribution in [0, 0.1) is 5.82 Å². The van der Waals surface area contributed by atoms with Gasteiger partial charge in [0.1, 0.15) is 5.82 Å². The molecule has 0 radical (unpaired) electrons. The van der Waals surface area contributed by atoms with Gasteiger partial charge < -0.3 is 20.0 Å². The minimum Gasteiger partial charge on any atom is -0.389 e. The fourth-order valence-corrected chi connectivity index (χ4v) is 4.22. The molecule has 0 aromatic heterocycles. The highest BCUT2D eigenvalue weighted by molar-refractivity contribution is 7.96. The fraction of sp³-hybridized carbons (Fsp3) is 0.632. The Kier molecular flexibility index (Phi) is 6.22. The van der Waals surface area contributed by atoms with Crippen molar-refractivity contribution in [2.24, 2.45) is 0 Å². The lowest BCUT2D eigenvalue weighted by atomic mass is 9.85. The van der Waals surface area contributed by atoms with E-state index in [1.807, 2.05) is 12.1 Å². The lowest BCUT2D eigenvalue weighted by molar-refractivity contribution is -0.113. The number of carbonyl (C=O) groups is 1. The van der Waals surface area contributed by atoms with Crippen molar-refractivity contribution in [2.75, 3.05) is 32.7 Å². The van der Waals surface area contributed by atoms with Gasteiger partial charge in [-0.3, -0.25) is 4.79 Å². The van der Waals surface area contributed by atoms with Crippen molar-refractivity contribution in [2.45, 2.75) is 43.3 Å². The molecule has 5 nitrogen and oxygen atoms in total. The number of thiol groups is 1. The quantitative estimate of drug-likeness (QED) is 0.699. The predicted octanol–water partition coefficient (Wildman–Crippen LogP) is 2.24. The molecule has 2 aliphatic rings. The third-order valence-corrected chi connectivity index (χ3v) is 6.16. The first-order valence-corrected chi connectivity index (χ1v) is 9.68. The molecule has 1 aromatic carbocycles. The van der Waals surface area contributed by atoms with Crippen LogP contribution in [0.4, 0.5) is 9.18 Å². The van der Waals surface area contributed by atoms with Crippen LogP contribution in [-0.2, 0) is 0 Å². The summed E-state index contributed by atoms with van der Waals surface area (Å²) in [6.07, 6.45) is 1.82. The van der Waals surface area contributed by atoms with Gasteiger partial charge in [-0.15, -0.1) is 0 Å². The third-order valence-electron chi connectivity index (χ3n) is 5.88. The number of halogens is 1. The van der Waals surface area contributed by atoms with Crippen LogP contribution in [0.25, 0.3) is 0 Å². The minimum absolute atomic E-state index is 0.215. The zero-order valence-electron chi connectivity index (χ0n) is 14.9. The zero-order valence-corrected chi connectivity index (χ0v) is 15.7. The molecule has 7 heteroatoms. The van der Waals surface area contributed by atoms with Crippen LogP contribution in [0.3, 0.4) is 0 Å². The molecule has 1 unspecified atom stereocenters. The van der Waals surface area contributed by atoms with Crippen LogP contribution >= 0.6 is 12.6 Å². The number of rotatable bonds is 4. The summed E-state index contributed by atoms with van der Waals surface area (Å²) in [6.45, 7) is 2.96. The maximum absolute atomic E-state index is 13.1. The van der Waals surface area contributed by atoms with E-state index in [1.54, 1.807) is 4.90 Å². The molecule has 2 heterocycles. The first-order chi connectivity index (χ1) is 12.4. The second-order valence-corrected chi connectivity index (χ2v) is 7.90. The topological polar surface area (TPSA) is 64.0 Å². The molecule has 2 aliphatic heterocycles. The number of piperidine rings is 2. The molecule has 2 N–H and O–H groups in total. The number of aliphatic hydroxyl groups excluding tert-OH is 1. The number of carbonyl (C=O) groups excluding carboxylic acids is 1. The molecule has 0 saturated carbocycles. The molecular weight excluding hydrogens is 355 g/mol. The zero-order chi connectivity index (χ0) is 18.7. The molecule has 3 rings (SSSR count). The van der Waals surface area contributed by atoms with Crippen molar-refractivity contribution < 1.29 is 19.4 Å². The molecule has 2 saturated heterocycles. The molecule has 1 aromatic rings. The highest BCUT2D eigenvalue weighted by atomic mass is 32.1. The Labute approximate surface area is 159 Å². The first-order valence-electron chi connectivity index (χ1n) is 9.23. The monoisotopic (exact) mass is 382 g/mol. The van der Waals surface area contributed by atoms with Crippen LogP contribution < -0.4 is 0 Å². The van der Waals surface area contributed by atoms with Gasteiger partial charge in [0.25, 0.3) is 5.24 Å². The van der Waals surface area contributed by atoms with Gasteiger partial charge in [-0.2, -0.15) is 0 Å². The highest BCUT2D eigenvalue weighted by Crippen LogP contribution is 2.30. The largest absolute Gasteiger partial charge is 0.389 e. The second kappa shape index (κ2) is 8.25. The van der Waals surface area contributed by atoms with E-state index in [2.05, 4.69) is 17.5 Å². The Morgan fingerprint density at radius 3 is 2.31 bits per heavy atom. The number of β-amino-alcohol motifs (C(OH)–C–C–N with tert-alkyl or cyclic N) is 1.